The van der Waals surface area contributed by atoms with Crippen LogP contribution in [0.25, 0.3) is 11.1 Å². The fourth-order valence-electron chi connectivity index (χ4n) is 3.42. The van der Waals surface area contributed by atoms with Crippen molar-refractivity contribution in [1.82, 2.24) is 0 Å². The van der Waals surface area contributed by atoms with E-state index in [1.165, 1.54) is 7.11 Å². The lowest BCUT2D eigenvalue weighted by molar-refractivity contribution is 0.0734. The van der Waals surface area contributed by atoms with Gasteiger partial charge in [-0.3, -0.25) is 0 Å². The first-order valence-electron chi connectivity index (χ1n) is 11.3. The van der Waals surface area contributed by atoms with Crippen molar-refractivity contribution in [2.45, 2.75) is 25.7 Å². The highest BCUT2D eigenvalue weighted by molar-refractivity contribution is 7.45. The van der Waals surface area contributed by atoms with Crippen LogP contribution in [0.2, 0.25) is 0 Å². The largest absolute Gasteiger partial charge is 0.493 e. The van der Waals surface area contributed by atoms with Gasteiger partial charge in [-0.2, -0.15) is 5.26 Å². The zero-order valence-corrected chi connectivity index (χ0v) is 20.4. The summed E-state index contributed by atoms with van der Waals surface area (Å²) in [4.78, 5) is 30.5. The first kappa shape index (κ1) is 26.2. The molecule has 0 aliphatic heterocycles. The number of benzene rings is 3. The van der Waals surface area contributed by atoms with Crippen molar-refractivity contribution in [3.05, 3.63) is 77.9 Å². The Labute approximate surface area is 206 Å². The van der Waals surface area contributed by atoms with Gasteiger partial charge in [0.25, 0.3) is 0 Å². The highest BCUT2D eigenvalue weighted by atomic mass is 31.2. The van der Waals surface area contributed by atoms with Gasteiger partial charge in [0.2, 0.25) is 0 Å². The van der Waals surface area contributed by atoms with E-state index in [0.29, 0.717) is 41.1 Å². The molecule has 0 bridgehead atoms. The normalized spacial score (nSPS) is 10.6. The summed E-state index contributed by atoms with van der Waals surface area (Å²) in [5.41, 5.74) is 2.86. The average Bonchev–Trinajstić information content (AvgIpc) is 2.88. The zero-order valence-electron chi connectivity index (χ0n) is 19.5. The maximum atomic E-state index is 12.6. The summed E-state index contributed by atoms with van der Waals surface area (Å²) in [5.74, 6) is 0.905. The summed E-state index contributed by atoms with van der Waals surface area (Å²) < 4.78 is 16.7. The molecule has 3 aromatic carbocycles. The number of carbonyl (C=O) groups is 1. The molecule has 0 spiro atoms. The Morgan fingerprint density at radius 2 is 1.54 bits per heavy atom. The number of ether oxygens (including phenoxy) is 3. The molecule has 0 unspecified atom stereocenters. The van der Waals surface area contributed by atoms with E-state index in [-0.39, 0.29) is 0 Å². The minimum Gasteiger partial charge on any atom is -0.493 e. The lowest BCUT2D eigenvalue weighted by Gasteiger charge is -2.12. The molecule has 0 aliphatic rings. The molecule has 0 aromatic heterocycles. The Hall–Kier alpha value is -3.43. The number of rotatable bonds is 12. The fraction of sp³-hybridized carbons (Fsp3) is 0.259. The molecular weight excluding hydrogens is 465 g/mol. The molecule has 0 aliphatic carbocycles. The molecule has 3 aromatic rings. The minimum atomic E-state index is -1.80. The van der Waals surface area contributed by atoms with E-state index in [0.717, 1.165) is 36.8 Å². The standard InChI is InChI=1S/C27H28NO6P/c1-32-26-18-23(12-15-25(26)33-16-4-2-3-5-17-35(30)31)27(29)34-24-13-10-22(11-14-24)21-8-6-20(19-28)7-9-21/h6-15,18,30-31H,2-5,16-17H2,1H3. The van der Waals surface area contributed by atoms with Gasteiger partial charge < -0.3 is 24.0 Å². The van der Waals surface area contributed by atoms with Crippen LogP contribution in [0.5, 0.6) is 17.2 Å². The quantitative estimate of drug-likeness (QED) is 0.144. The first-order chi connectivity index (χ1) is 17.0. The Bertz CT molecular complexity index is 1140. The fourth-order valence-corrected chi connectivity index (χ4v) is 3.93. The van der Waals surface area contributed by atoms with Crippen molar-refractivity contribution in [2.24, 2.45) is 0 Å². The van der Waals surface area contributed by atoms with Gasteiger partial charge in [0.05, 0.1) is 30.9 Å². The van der Waals surface area contributed by atoms with E-state index in [9.17, 15) is 4.79 Å². The van der Waals surface area contributed by atoms with E-state index >= 15 is 0 Å². The molecule has 2 N–H and O–H groups in total. The highest BCUT2D eigenvalue weighted by Gasteiger charge is 2.14. The molecule has 0 saturated heterocycles. The van der Waals surface area contributed by atoms with Crippen LogP contribution in [-0.2, 0) is 0 Å². The second-order valence-corrected chi connectivity index (χ2v) is 9.02. The third kappa shape index (κ3) is 8.08. The molecule has 0 saturated carbocycles. The molecule has 3 rings (SSSR count). The van der Waals surface area contributed by atoms with Crippen molar-refractivity contribution in [2.75, 3.05) is 19.9 Å². The first-order valence-corrected chi connectivity index (χ1v) is 12.7. The smallest absolute Gasteiger partial charge is 0.343 e. The van der Waals surface area contributed by atoms with E-state index in [1.54, 1.807) is 42.5 Å². The van der Waals surface area contributed by atoms with Gasteiger partial charge in [-0.15, -0.1) is 0 Å². The van der Waals surface area contributed by atoms with E-state index in [1.807, 2.05) is 24.3 Å². The van der Waals surface area contributed by atoms with Gasteiger partial charge in [-0.25, -0.2) is 4.79 Å². The second-order valence-electron chi connectivity index (χ2n) is 7.83. The predicted octanol–water partition coefficient (Wildman–Crippen LogP) is 5.69. The summed E-state index contributed by atoms with van der Waals surface area (Å²) in [7, 11) is -0.285. The van der Waals surface area contributed by atoms with Gasteiger partial charge in [0, 0.05) is 6.16 Å². The predicted molar refractivity (Wildman–Crippen MR) is 135 cm³/mol. The van der Waals surface area contributed by atoms with Crippen LogP contribution in [-0.4, -0.2) is 35.6 Å². The molecule has 0 radical (unpaired) electrons. The van der Waals surface area contributed by atoms with Gasteiger partial charge in [-0.05, 0) is 66.4 Å². The molecule has 0 fully saturated rings. The van der Waals surface area contributed by atoms with E-state index in [4.69, 9.17) is 29.3 Å². The minimum absolute atomic E-state index is 0.342. The number of unbranched alkanes of at least 4 members (excludes halogenated alkanes) is 3. The summed E-state index contributed by atoms with van der Waals surface area (Å²) in [5, 5.41) is 8.92. The maximum absolute atomic E-state index is 12.6. The third-order valence-electron chi connectivity index (χ3n) is 5.32. The molecule has 8 heteroatoms. The summed E-state index contributed by atoms with van der Waals surface area (Å²) in [6.07, 6.45) is 3.92. The Morgan fingerprint density at radius 1 is 0.886 bits per heavy atom. The summed E-state index contributed by atoms with van der Waals surface area (Å²) >= 11 is 0. The second kappa shape index (κ2) is 13.5. The van der Waals surface area contributed by atoms with Crippen molar-refractivity contribution in [3.63, 3.8) is 0 Å². The number of nitrogens with zero attached hydrogens (tertiary/aromatic N) is 1. The number of esters is 1. The summed E-state index contributed by atoms with van der Waals surface area (Å²) in [6.45, 7) is 0.499. The molecule has 35 heavy (non-hydrogen) atoms. The van der Waals surface area contributed by atoms with Crippen molar-refractivity contribution < 1.29 is 28.8 Å². The van der Waals surface area contributed by atoms with Gasteiger partial charge in [0.1, 0.15) is 5.75 Å². The van der Waals surface area contributed by atoms with Crippen LogP contribution in [0.1, 0.15) is 41.6 Å². The zero-order chi connectivity index (χ0) is 25.0. The number of methoxy groups -OCH3 is 1. The number of carbonyl (C=O) groups excluding carboxylic acids is 1. The molecule has 182 valence electrons. The number of hydrogen-bond acceptors (Lipinski definition) is 7. The van der Waals surface area contributed by atoms with Crippen molar-refractivity contribution >= 4 is 14.3 Å². The van der Waals surface area contributed by atoms with Gasteiger partial charge >= 0.3 is 5.97 Å². The topological polar surface area (TPSA) is 109 Å². The van der Waals surface area contributed by atoms with Gasteiger partial charge in [-0.1, -0.05) is 37.1 Å². The van der Waals surface area contributed by atoms with E-state index in [2.05, 4.69) is 6.07 Å². The molecular formula is C27H28NO6P. The Kier molecular flexibility index (Phi) is 10.1. The monoisotopic (exact) mass is 493 g/mol. The molecule has 0 atom stereocenters. The lowest BCUT2D eigenvalue weighted by atomic mass is 10.0. The SMILES string of the molecule is COc1cc(C(=O)Oc2ccc(-c3ccc(C#N)cc3)cc2)ccc1OCCCCCCP(O)O. The van der Waals surface area contributed by atoms with Crippen molar-refractivity contribution in [1.29, 1.82) is 5.26 Å². The average molecular weight is 493 g/mol. The van der Waals surface area contributed by atoms with Crippen LogP contribution < -0.4 is 14.2 Å². The molecule has 0 amide bonds. The van der Waals surface area contributed by atoms with Crippen LogP contribution in [0.15, 0.2) is 66.7 Å². The lowest BCUT2D eigenvalue weighted by Crippen LogP contribution is -2.09. The van der Waals surface area contributed by atoms with Crippen LogP contribution in [0.3, 0.4) is 0 Å². The van der Waals surface area contributed by atoms with Crippen LogP contribution in [0.4, 0.5) is 0 Å². The Morgan fingerprint density at radius 3 is 2.17 bits per heavy atom. The molecule has 7 nitrogen and oxygen atoms in total. The number of hydrogen-bond donors (Lipinski definition) is 2. The summed E-state index contributed by atoms with van der Waals surface area (Å²) in [6, 6.07) is 21.4. The van der Waals surface area contributed by atoms with Crippen molar-refractivity contribution in [3.8, 4) is 34.4 Å². The third-order valence-corrected chi connectivity index (χ3v) is 6.04. The van der Waals surface area contributed by atoms with Crippen LogP contribution >= 0.6 is 8.38 Å². The number of nitriles is 1. The van der Waals surface area contributed by atoms with Crippen LogP contribution in [0, 0.1) is 11.3 Å². The highest BCUT2D eigenvalue weighted by Crippen LogP contribution is 2.30. The maximum Gasteiger partial charge on any atom is 0.343 e. The van der Waals surface area contributed by atoms with E-state index < -0.39 is 14.3 Å². The van der Waals surface area contributed by atoms with Gasteiger partial charge in [0.15, 0.2) is 19.9 Å². The molecule has 0 heterocycles. The Balaban J connectivity index is 1.53.